The molecule has 3 amide bonds. The summed E-state index contributed by atoms with van der Waals surface area (Å²) in [6, 6.07) is 12.5. The molecule has 5 rings (SSSR count). The van der Waals surface area contributed by atoms with Gasteiger partial charge in [-0.1, -0.05) is 88.3 Å². The first-order chi connectivity index (χ1) is 17.7. The lowest BCUT2D eigenvalue weighted by molar-refractivity contribution is -0.157. The molecule has 0 unspecified atom stereocenters. The van der Waals surface area contributed by atoms with E-state index < -0.39 is 55.5 Å². The van der Waals surface area contributed by atoms with Crippen molar-refractivity contribution in [3.05, 3.63) is 80.8 Å². The van der Waals surface area contributed by atoms with E-state index in [2.05, 4.69) is 0 Å². The molecule has 1 saturated carbocycles. The number of halogens is 7. The molecule has 2 aliphatic carbocycles. The van der Waals surface area contributed by atoms with Crippen LogP contribution in [0.25, 0.3) is 0 Å². The third-order valence-corrected chi connectivity index (χ3v) is 11.7. The molecule has 5 atom stereocenters. The highest BCUT2D eigenvalue weighted by molar-refractivity contribution is 6.66. The lowest BCUT2D eigenvalue weighted by atomic mass is 9.84. The minimum absolute atomic E-state index is 0.0575. The highest BCUT2D eigenvalue weighted by Gasteiger charge is 2.88. The highest BCUT2D eigenvalue weighted by Crippen LogP contribution is 2.77. The number of Topliss-reactive ketones (excluding diaryl/α,β-unsaturated/α-hetero) is 1. The van der Waals surface area contributed by atoms with Crippen LogP contribution in [-0.4, -0.2) is 53.6 Å². The van der Waals surface area contributed by atoms with Gasteiger partial charge in [0, 0.05) is 16.1 Å². The van der Waals surface area contributed by atoms with Gasteiger partial charge in [0.2, 0.25) is 0 Å². The number of carbonyl (C=O) groups is 4. The second-order valence-electron chi connectivity index (χ2n) is 9.13. The van der Waals surface area contributed by atoms with E-state index in [9.17, 15) is 19.2 Å². The maximum atomic E-state index is 14.0. The summed E-state index contributed by atoms with van der Waals surface area (Å²) in [4.78, 5) is 51.1. The van der Waals surface area contributed by atoms with E-state index in [0.29, 0.717) is 10.0 Å². The third kappa shape index (κ3) is 3.41. The Kier molecular flexibility index (Phi) is 6.84. The van der Waals surface area contributed by atoms with Gasteiger partial charge in [-0.05, 0) is 31.2 Å². The highest BCUT2D eigenvalue weighted by atomic mass is 35.5. The van der Waals surface area contributed by atoms with Crippen LogP contribution in [0.4, 0.5) is 0 Å². The van der Waals surface area contributed by atoms with Crippen molar-refractivity contribution in [2.45, 2.75) is 27.0 Å². The first-order valence-electron chi connectivity index (χ1n) is 11.1. The van der Waals surface area contributed by atoms with Crippen molar-refractivity contribution in [1.82, 2.24) is 10.0 Å². The van der Waals surface area contributed by atoms with Crippen LogP contribution < -0.4 is 0 Å². The zero-order valence-electron chi connectivity index (χ0n) is 19.1. The molecule has 0 aromatic heterocycles. The van der Waals surface area contributed by atoms with E-state index in [0.717, 1.165) is 5.01 Å². The molecule has 38 heavy (non-hydrogen) atoms. The molecule has 0 spiro atoms. The number of amides is 3. The number of imide groups is 1. The maximum Gasteiger partial charge on any atom is 0.273 e. The summed E-state index contributed by atoms with van der Waals surface area (Å²) >= 11 is 45.4. The van der Waals surface area contributed by atoms with Crippen LogP contribution in [0.5, 0.6) is 0 Å². The molecular weight excluding hydrogens is 640 g/mol. The average Bonchev–Trinajstić information content (AvgIpc) is 3.28. The largest absolute Gasteiger partial charge is 0.292 e. The van der Waals surface area contributed by atoms with Crippen LogP contribution in [-0.2, 0) is 9.59 Å². The van der Waals surface area contributed by atoms with Gasteiger partial charge in [-0.15, -0.1) is 23.2 Å². The van der Waals surface area contributed by atoms with Gasteiger partial charge in [0.1, 0.15) is 15.8 Å². The van der Waals surface area contributed by atoms with Crippen molar-refractivity contribution in [2.24, 2.45) is 11.8 Å². The number of hydrogen-bond donors (Lipinski definition) is 0. The molecule has 1 heterocycles. The molecule has 2 bridgehead atoms. The molecule has 1 aliphatic heterocycles. The molecule has 2 aromatic carbocycles. The molecule has 13 heteroatoms. The Hall–Kier alpha value is -1.51. The van der Waals surface area contributed by atoms with Gasteiger partial charge in [0.15, 0.2) is 10.1 Å². The zero-order chi connectivity index (χ0) is 27.9. The Morgan fingerprint density at radius 3 is 1.74 bits per heavy atom. The van der Waals surface area contributed by atoms with Crippen LogP contribution in [0.3, 0.4) is 0 Å². The summed E-state index contributed by atoms with van der Waals surface area (Å²) in [5.74, 6) is -6.22. The molecule has 0 N–H and O–H groups in total. The van der Waals surface area contributed by atoms with Crippen molar-refractivity contribution < 1.29 is 19.2 Å². The maximum absolute atomic E-state index is 14.0. The number of hydrazine groups is 1. The minimum atomic E-state index is -2.14. The number of benzene rings is 2. The Morgan fingerprint density at radius 2 is 1.26 bits per heavy atom. The first-order valence-corrected chi connectivity index (χ1v) is 13.8. The summed E-state index contributed by atoms with van der Waals surface area (Å²) < 4.78 is -2.14. The number of allylic oxidation sites excluding steroid dienone is 2. The van der Waals surface area contributed by atoms with Crippen LogP contribution in [0.2, 0.25) is 5.02 Å². The number of nitrogens with zero attached hydrogens (tertiary/aromatic N) is 2. The average molecular weight is 656 g/mol. The number of ketones is 1. The standard InChI is InChI=1S/C25H15Cl7N2O4/c1-11(17(35)12-5-3-2-4-6-12)33(20(36)13-7-9-14(26)10-8-13)34-21(37)15-16(22(34)38)24(30)19(28)18(27)23(15,29)25(24,31)32/h2-11,15-16H,1H3/t11-,15-,16+,23+,24+/m0/s1. The predicted molar refractivity (Wildman–Crippen MR) is 147 cm³/mol. The quantitative estimate of drug-likeness (QED) is 0.212. The lowest BCUT2D eigenvalue weighted by Gasteiger charge is -2.38. The van der Waals surface area contributed by atoms with Crippen LogP contribution >= 0.6 is 81.2 Å². The fourth-order valence-corrected chi connectivity index (χ4v) is 8.37. The van der Waals surface area contributed by atoms with Crippen molar-refractivity contribution in [3.63, 3.8) is 0 Å². The SMILES string of the molecule is C[C@@H](C(=O)c1ccccc1)N(C(=O)c1ccc(Cl)cc1)N1C(=O)[C@@H]2[C@H](C1=O)[C@@]1(Cl)C(Cl)=C(Cl)[C@@]2(Cl)C1(Cl)Cl. The van der Waals surface area contributed by atoms with E-state index in [4.69, 9.17) is 81.2 Å². The number of hydrogen-bond acceptors (Lipinski definition) is 4. The number of rotatable bonds is 5. The summed E-state index contributed by atoms with van der Waals surface area (Å²) in [5, 5.41) is 1.18. The van der Waals surface area contributed by atoms with E-state index in [1.807, 2.05) is 0 Å². The zero-order valence-corrected chi connectivity index (χ0v) is 24.4. The Morgan fingerprint density at radius 1 is 0.789 bits per heavy atom. The van der Waals surface area contributed by atoms with Crippen molar-refractivity contribution >= 4 is 105 Å². The van der Waals surface area contributed by atoms with Gasteiger partial charge >= 0.3 is 0 Å². The Balaban J connectivity index is 1.64. The molecule has 0 radical (unpaired) electrons. The van der Waals surface area contributed by atoms with Gasteiger partial charge in [0.25, 0.3) is 17.7 Å². The topological polar surface area (TPSA) is 74.8 Å². The van der Waals surface area contributed by atoms with E-state index in [1.165, 1.54) is 31.2 Å². The van der Waals surface area contributed by atoms with Crippen LogP contribution in [0.1, 0.15) is 27.6 Å². The summed E-state index contributed by atoms with van der Waals surface area (Å²) in [7, 11) is 0. The van der Waals surface area contributed by atoms with Crippen molar-refractivity contribution in [1.29, 1.82) is 0 Å². The predicted octanol–water partition coefficient (Wildman–Crippen LogP) is 6.42. The first kappa shape index (κ1) is 28.0. The Bertz CT molecular complexity index is 1380. The summed E-state index contributed by atoms with van der Waals surface area (Å²) in [5.41, 5.74) is 0.311. The van der Waals surface area contributed by atoms with Gasteiger partial charge in [-0.25, -0.2) is 5.01 Å². The molecule has 3 aliphatic rings. The van der Waals surface area contributed by atoms with E-state index >= 15 is 0 Å². The molecule has 6 nitrogen and oxygen atoms in total. The molecular formula is C25H15Cl7N2O4. The molecule has 2 aromatic rings. The number of carbonyl (C=O) groups excluding carboxylic acids is 4. The fraction of sp³-hybridized carbons (Fsp3) is 0.280. The van der Waals surface area contributed by atoms with Crippen LogP contribution in [0.15, 0.2) is 64.7 Å². The van der Waals surface area contributed by atoms with Gasteiger partial charge in [-0.3, -0.25) is 19.2 Å². The van der Waals surface area contributed by atoms with Crippen molar-refractivity contribution in [3.8, 4) is 0 Å². The second-order valence-corrected chi connectivity index (χ2v) is 12.8. The monoisotopic (exact) mass is 652 g/mol. The van der Waals surface area contributed by atoms with Crippen LogP contribution in [0, 0.1) is 11.8 Å². The normalized spacial score (nSPS) is 30.1. The molecule has 2 fully saturated rings. The van der Waals surface area contributed by atoms with E-state index in [-0.39, 0.29) is 21.2 Å². The second kappa shape index (κ2) is 9.27. The van der Waals surface area contributed by atoms with Crippen molar-refractivity contribution in [2.75, 3.05) is 0 Å². The van der Waals surface area contributed by atoms with Gasteiger partial charge in [0.05, 0.1) is 21.9 Å². The molecule has 198 valence electrons. The summed E-state index contributed by atoms with van der Waals surface area (Å²) in [6.07, 6.45) is 0. The fourth-order valence-electron chi connectivity index (χ4n) is 5.31. The smallest absolute Gasteiger partial charge is 0.273 e. The number of alkyl halides is 4. The summed E-state index contributed by atoms with van der Waals surface area (Å²) in [6.45, 7) is 1.39. The van der Waals surface area contributed by atoms with E-state index in [1.54, 1.807) is 30.3 Å². The van der Waals surface area contributed by atoms with Gasteiger partial charge < -0.3 is 0 Å². The minimum Gasteiger partial charge on any atom is -0.292 e. The number of fused-ring (bicyclic) bond motifs is 5. The third-order valence-electron chi connectivity index (χ3n) is 7.20. The molecule has 1 saturated heterocycles. The Labute approximate surface area is 252 Å². The lowest BCUT2D eigenvalue weighted by Crippen LogP contribution is -2.59. The van der Waals surface area contributed by atoms with Gasteiger partial charge in [-0.2, -0.15) is 5.01 Å².